The topological polar surface area (TPSA) is 55.8 Å². The molecule has 1 fully saturated rings. The molecule has 3 rings (SSSR count). The second-order valence-electron chi connectivity index (χ2n) is 7.60. The van der Waals surface area contributed by atoms with Gasteiger partial charge in [0.05, 0.1) is 13.1 Å². The van der Waals surface area contributed by atoms with Crippen LogP contribution in [0.5, 0.6) is 0 Å². The van der Waals surface area contributed by atoms with Crippen LogP contribution in [-0.2, 0) is 26.1 Å². The highest BCUT2D eigenvalue weighted by molar-refractivity contribution is 7.11. The molecule has 0 amide bonds. The second kappa shape index (κ2) is 12.0. The maximum atomic E-state index is 4.85. The third-order valence-corrected chi connectivity index (χ3v) is 6.67. The number of thiazole rings is 1. The summed E-state index contributed by atoms with van der Waals surface area (Å²) in [5, 5.41) is 7.88. The maximum Gasteiger partial charge on any atom is 0.191 e. The summed E-state index contributed by atoms with van der Waals surface area (Å²) in [5.74, 6) is 0.845. The molecule has 1 aliphatic heterocycles. The number of piperazine rings is 1. The quantitative estimate of drug-likeness (QED) is 0.475. The summed E-state index contributed by atoms with van der Waals surface area (Å²) in [6.07, 6.45) is 3.01. The van der Waals surface area contributed by atoms with Gasteiger partial charge in [0.2, 0.25) is 0 Å². The summed E-state index contributed by atoms with van der Waals surface area (Å²) < 4.78 is 0. The molecular formula is C23H36N6S. The van der Waals surface area contributed by atoms with Crippen LogP contribution in [0.3, 0.4) is 0 Å². The number of guanidine groups is 1. The van der Waals surface area contributed by atoms with Gasteiger partial charge in [0.25, 0.3) is 0 Å². The number of hydrogen-bond donors (Lipinski definition) is 2. The van der Waals surface area contributed by atoms with Crippen molar-refractivity contribution in [2.75, 3.05) is 39.3 Å². The van der Waals surface area contributed by atoms with Gasteiger partial charge in [-0.1, -0.05) is 38.1 Å². The summed E-state index contributed by atoms with van der Waals surface area (Å²) in [7, 11) is 0. The van der Waals surface area contributed by atoms with Gasteiger partial charge in [-0.05, 0) is 31.0 Å². The molecule has 0 spiro atoms. The Labute approximate surface area is 185 Å². The summed E-state index contributed by atoms with van der Waals surface area (Å²) in [4.78, 5) is 15.7. The van der Waals surface area contributed by atoms with E-state index in [4.69, 9.17) is 4.99 Å². The molecule has 2 aromatic rings. The molecule has 1 saturated heterocycles. The molecule has 0 radical (unpaired) electrons. The van der Waals surface area contributed by atoms with Crippen LogP contribution in [0.4, 0.5) is 0 Å². The Morgan fingerprint density at radius 1 is 1.03 bits per heavy atom. The molecule has 1 aromatic heterocycles. The zero-order chi connectivity index (χ0) is 21.2. The van der Waals surface area contributed by atoms with E-state index in [1.807, 2.05) is 6.20 Å². The van der Waals surface area contributed by atoms with Crippen molar-refractivity contribution in [3.8, 4) is 0 Å². The first kappa shape index (κ1) is 22.7. The standard InChI is InChI=1S/C23H36N6S/c1-4-21-16-25-22(30-21)17-27-23(24-5-2)26-15-19-9-7-8-10-20(19)18-29-13-11-28(6-3)12-14-29/h7-10,16H,4-6,11-15,17-18H2,1-3H3,(H2,24,26,27). The Morgan fingerprint density at radius 3 is 2.43 bits per heavy atom. The lowest BCUT2D eigenvalue weighted by molar-refractivity contribution is 0.131. The predicted molar refractivity (Wildman–Crippen MR) is 127 cm³/mol. The van der Waals surface area contributed by atoms with Crippen LogP contribution in [0.1, 0.15) is 41.8 Å². The molecular weight excluding hydrogens is 392 g/mol. The van der Waals surface area contributed by atoms with Crippen molar-refractivity contribution in [3.05, 3.63) is 51.5 Å². The number of hydrogen-bond acceptors (Lipinski definition) is 5. The zero-order valence-electron chi connectivity index (χ0n) is 18.7. The maximum absolute atomic E-state index is 4.85. The van der Waals surface area contributed by atoms with Gasteiger partial charge in [0.15, 0.2) is 5.96 Å². The van der Waals surface area contributed by atoms with E-state index in [0.29, 0.717) is 13.1 Å². The third kappa shape index (κ3) is 6.79. The minimum Gasteiger partial charge on any atom is -0.357 e. The van der Waals surface area contributed by atoms with Crippen molar-refractivity contribution in [2.45, 2.75) is 46.8 Å². The highest BCUT2D eigenvalue weighted by Gasteiger charge is 2.16. The van der Waals surface area contributed by atoms with Crippen molar-refractivity contribution in [2.24, 2.45) is 4.99 Å². The molecule has 7 heteroatoms. The number of aromatic nitrogens is 1. The normalized spacial score (nSPS) is 16.0. The molecule has 1 aliphatic rings. The van der Waals surface area contributed by atoms with Gasteiger partial charge in [0.1, 0.15) is 5.01 Å². The van der Waals surface area contributed by atoms with E-state index in [0.717, 1.165) is 50.1 Å². The average molecular weight is 429 g/mol. The van der Waals surface area contributed by atoms with Gasteiger partial charge in [-0.3, -0.25) is 4.90 Å². The van der Waals surface area contributed by atoms with Crippen molar-refractivity contribution in [3.63, 3.8) is 0 Å². The zero-order valence-corrected chi connectivity index (χ0v) is 19.5. The fourth-order valence-corrected chi connectivity index (χ4v) is 4.43. The van der Waals surface area contributed by atoms with E-state index in [-0.39, 0.29) is 0 Å². The van der Waals surface area contributed by atoms with Crippen molar-refractivity contribution < 1.29 is 0 Å². The van der Waals surface area contributed by atoms with Gasteiger partial charge < -0.3 is 15.5 Å². The smallest absolute Gasteiger partial charge is 0.191 e. The lowest BCUT2D eigenvalue weighted by Gasteiger charge is -2.34. The van der Waals surface area contributed by atoms with Gasteiger partial charge in [-0.25, -0.2) is 9.98 Å². The Balaban J connectivity index is 1.59. The number of aliphatic imine (C=N–C) groups is 1. The van der Waals surface area contributed by atoms with E-state index in [1.165, 1.54) is 29.1 Å². The molecule has 0 saturated carbocycles. The minimum atomic E-state index is 0.679. The van der Waals surface area contributed by atoms with Crippen LogP contribution in [0.25, 0.3) is 0 Å². The molecule has 0 atom stereocenters. The number of likely N-dealkylation sites (N-methyl/N-ethyl adjacent to an activating group) is 1. The number of aryl methyl sites for hydroxylation is 1. The number of nitrogens with zero attached hydrogens (tertiary/aromatic N) is 4. The van der Waals surface area contributed by atoms with Crippen molar-refractivity contribution in [1.82, 2.24) is 25.4 Å². The largest absolute Gasteiger partial charge is 0.357 e. The summed E-state index contributed by atoms with van der Waals surface area (Å²) in [6, 6.07) is 8.71. The van der Waals surface area contributed by atoms with Gasteiger partial charge in [-0.2, -0.15) is 0 Å². The molecule has 0 aliphatic carbocycles. The lowest BCUT2D eigenvalue weighted by atomic mass is 10.1. The summed E-state index contributed by atoms with van der Waals surface area (Å²) in [6.45, 7) is 15.5. The first-order valence-corrected chi connectivity index (χ1v) is 12.0. The molecule has 2 heterocycles. The highest BCUT2D eigenvalue weighted by Crippen LogP contribution is 2.15. The molecule has 30 heavy (non-hydrogen) atoms. The average Bonchev–Trinajstić information content (AvgIpc) is 3.25. The van der Waals surface area contributed by atoms with Crippen LogP contribution in [0, 0.1) is 0 Å². The SMILES string of the molecule is CCNC(=NCc1ccccc1CN1CCN(CC)CC1)NCc1ncc(CC)s1. The third-order valence-electron chi connectivity index (χ3n) is 5.53. The number of nitrogens with one attached hydrogen (secondary N) is 2. The van der Waals surface area contributed by atoms with Gasteiger partial charge in [0, 0.05) is 50.3 Å². The minimum absolute atomic E-state index is 0.679. The Morgan fingerprint density at radius 2 is 1.77 bits per heavy atom. The molecule has 0 unspecified atom stereocenters. The van der Waals surface area contributed by atoms with E-state index in [2.05, 4.69) is 70.5 Å². The first-order chi connectivity index (χ1) is 14.7. The first-order valence-electron chi connectivity index (χ1n) is 11.2. The Hall–Kier alpha value is -1.96. The summed E-state index contributed by atoms with van der Waals surface area (Å²) >= 11 is 1.77. The highest BCUT2D eigenvalue weighted by atomic mass is 32.1. The molecule has 164 valence electrons. The second-order valence-corrected chi connectivity index (χ2v) is 8.80. The molecule has 1 aromatic carbocycles. The molecule has 6 nitrogen and oxygen atoms in total. The van der Waals surface area contributed by atoms with Crippen LogP contribution in [0.15, 0.2) is 35.5 Å². The fourth-order valence-electron chi connectivity index (χ4n) is 3.63. The van der Waals surface area contributed by atoms with Crippen LogP contribution >= 0.6 is 11.3 Å². The van der Waals surface area contributed by atoms with E-state index in [9.17, 15) is 0 Å². The molecule has 2 N–H and O–H groups in total. The van der Waals surface area contributed by atoms with Crippen molar-refractivity contribution >= 4 is 17.3 Å². The Kier molecular flexibility index (Phi) is 9.11. The van der Waals surface area contributed by atoms with Gasteiger partial charge >= 0.3 is 0 Å². The van der Waals surface area contributed by atoms with Crippen LogP contribution in [-0.4, -0.2) is 60.0 Å². The fraction of sp³-hybridized carbons (Fsp3) is 0.565. The monoisotopic (exact) mass is 428 g/mol. The van der Waals surface area contributed by atoms with Gasteiger partial charge in [-0.15, -0.1) is 11.3 Å². The number of benzene rings is 1. The van der Waals surface area contributed by atoms with Crippen molar-refractivity contribution in [1.29, 1.82) is 0 Å². The van der Waals surface area contributed by atoms with E-state index in [1.54, 1.807) is 11.3 Å². The predicted octanol–water partition coefficient (Wildman–Crippen LogP) is 3.10. The van der Waals surface area contributed by atoms with Crippen LogP contribution in [0.2, 0.25) is 0 Å². The van der Waals surface area contributed by atoms with Crippen LogP contribution < -0.4 is 10.6 Å². The summed E-state index contributed by atoms with van der Waals surface area (Å²) in [5.41, 5.74) is 2.68. The van der Waals surface area contributed by atoms with E-state index >= 15 is 0 Å². The lowest BCUT2D eigenvalue weighted by Crippen LogP contribution is -2.45. The van der Waals surface area contributed by atoms with E-state index < -0.39 is 0 Å². The number of rotatable bonds is 9. The molecule has 0 bridgehead atoms. The Bertz CT molecular complexity index is 794.